The van der Waals surface area contributed by atoms with E-state index < -0.39 is 10.0 Å². The third kappa shape index (κ3) is 3.03. The van der Waals surface area contributed by atoms with Crippen LogP contribution in [0, 0.1) is 5.92 Å². The van der Waals surface area contributed by atoms with Gasteiger partial charge in [-0.2, -0.15) is 4.31 Å². The minimum Gasteiger partial charge on any atom is -0.274 e. The highest BCUT2D eigenvalue weighted by atomic mass is 32.2. The van der Waals surface area contributed by atoms with Gasteiger partial charge in [0.2, 0.25) is 21.8 Å². The van der Waals surface area contributed by atoms with Crippen molar-refractivity contribution in [3.8, 4) is 0 Å². The van der Waals surface area contributed by atoms with Crippen LogP contribution in [-0.2, 0) is 19.6 Å². The maximum Gasteiger partial charge on any atom is 0.243 e. The van der Waals surface area contributed by atoms with Gasteiger partial charge in [-0.3, -0.25) is 14.5 Å². The van der Waals surface area contributed by atoms with Crippen molar-refractivity contribution >= 4 is 27.5 Å². The summed E-state index contributed by atoms with van der Waals surface area (Å²) in [6, 6.07) is 6.00. The second-order valence-electron chi connectivity index (χ2n) is 6.20. The predicted octanol–water partition coefficient (Wildman–Crippen LogP) is 1.76. The molecule has 0 saturated carbocycles. The van der Waals surface area contributed by atoms with Gasteiger partial charge in [0.1, 0.15) is 0 Å². The van der Waals surface area contributed by atoms with Crippen molar-refractivity contribution in [2.75, 3.05) is 18.0 Å². The van der Waals surface area contributed by atoms with E-state index in [4.69, 9.17) is 0 Å². The zero-order valence-corrected chi connectivity index (χ0v) is 13.9. The molecule has 2 heterocycles. The third-order valence-electron chi connectivity index (χ3n) is 4.53. The quantitative estimate of drug-likeness (QED) is 0.788. The van der Waals surface area contributed by atoms with Gasteiger partial charge in [0, 0.05) is 25.9 Å². The highest BCUT2D eigenvalue weighted by molar-refractivity contribution is 7.89. The monoisotopic (exact) mass is 336 g/mol. The van der Waals surface area contributed by atoms with Crippen LogP contribution in [0.5, 0.6) is 0 Å². The molecule has 0 bridgehead atoms. The van der Waals surface area contributed by atoms with E-state index in [-0.39, 0.29) is 29.6 Å². The number of carbonyl (C=O) groups excluding carboxylic acids is 2. The number of piperidine rings is 1. The van der Waals surface area contributed by atoms with Crippen molar-refractivity contribution in [1.82, 2.24) is 4.31 Å². The largest absolute Gasteiger partial charge is 0.274 e. The number of amides is 2. The zero-order chi connectivity index (χ0) is 16.6. The smallest absolute Gasteiger partial charge is 0.243 e. The van der Waals surface area contributed by atoms with Gasteiger partial charge in [-0.05, 0) is 43.0 Å². The molecule has 0 N–H and O–H groups in total. The van der Waals surface area contributed by atoms with Crippen molar-refractivity contribution < 1.29 is 18.0 Å². The Labute approximate surface area is 136 Å². The lowest BCUT2D eigenvalue weighted by Crippen LogP contribution is -2.37. The molecule has 0 aliphatic carbocycles. The molecule has 2 aliphatic heterocycles. The number of nitrogens with zero attached hydrogens (tertiary/aromatic N) is 2. The van der Waals surface area contributed by atoms with Crippen LogP contribution in [0.15, 0.2) is 29.2 Å². The Morgan fingerprint density at radius 3 is 2.00 bits per heavy atom. The first-order chi connectivity index (χ1) is 10.9. The Morgan fingerprint density at radius 1 is 0.957 bits per heavy atom. The molecule has 23 heavy (non-hydrogen) atoms. The number of anilines is 1. The van der Waals surface area contributed by atoms with E-state index in [0.717, 1.165) is 17.7 Å². The molecule has 6 nitrogen and oxygen atoms in total. The number of benzene rings is 1. The molecule has 3 rings (SSSR count). The number of rotatable bonds is 3. The van der Waals surface area contributed by atoms with Gasteiger partial charge in [0.15, 0.2) is 0 Å². The first-order valence-corrected chi connectivity index (χ1v) is 9.29. The second kappa shape index (κ2) is 6.05. The minimum absolute atomic E-state index is 0.204. The highest BCUT2D eigenvalue weighted by Gasteiger charge is 2.31. The van der Waals surface area contributed by atoms with Crippen LogP contribution in [0.1, 0.15) is 32.6 Å². The van der Waals surface area contributed by atoms with Crippen LogP contribution in [0.2, 0.25) is 0 Å². The fourth-order valence-electron chi connectivity index (χ4n) is 3.01. The van der Waals surface area contributed by atoms with Crippen LogP contribution < -0.4 is 4.90 Å². The van der Waals surface area contributed by atoms with Crippen molar-refractivity contribution in [3.63, 3.8) is 0 Å². The van der Waals surface area contributed by atoms with E-state index in [1.807, 2.05) is 0 Å². The number of carbonyl (C=O) groups is 2. The van der Waals surface area contributed by atoms with E-state index in [1.54, 1.807) is 0 Å². The van der Waals surface area contributed by atoms with Crippen LogP contribution >= 0.6 is 0 Å². The third-order valence-corrected chi connectivity index (χ3v) is 6.44. The van der Waals surface area contributed by atoms with Crippen molar-refractivity contribution in [2.45, 2.75) is 37.5 Å². The maximum atomic E-state index is 12.6. The van der Waals surface area contributed by atoms with E-state index >= 15 is 0 Å². The predicted molar refractivity (Wildman–Crippen MR) is 85.3 cm³/mol. The summed E-state index contributed by atoms with van der Waals surface area (Å²) in [7, 11) is -3.51. The van der Waals surface area contributed by atoms with E-state index in [1.165, 1.54) is 28.6 Å². The molecule has 1 aromatic carbocycles. The van der Waals surface area contributed by atoms with Crippen LogP contribution in [0.25, 0.3) is 0 Å². The van der Waals surface area contributed by atoms with Gasteiger partial charge in [-0.1, -0.05) is 6.92 Å². The molecule has 2 saturated heterocycles. The van der Waals surface area contributed by atoms with Gasteiger partial charge in [0.25, 0.3) is 0 Å². The van der Waals surface area contributed by atoms with Crippen LogP contribution in [0.3, 0.4) is 0 Å². The van der Waals surface area contributed by atoms with E-state index in [0.29, 0.717) is 24.7 Å². The first kappa shape index (κ1) is 16.1. The first-order valence-electron chi connectivity index (χ1n) is 7.85. The maximum absolute atomic E-state index is 12.6. The standard InChI is InChI=1S/C16H20N2O4S/c1-12-8-10-17(11-9-12)23(21,22)14-4-2-13(3-5-14)18-15(19)6-7-16(18)20/h2-5,12H,6-11H2,1H3. The summed E-state index contributed by atoms with van der Waals surface area (Å²) in [5, 5.41) is 0. The lowest BCUT2D eigenvalue weighted by Gasteiger charge is -2.29. The highest BCUT2D eigenvalue weighted by Crippen LogP contribution is 2.27. The number of hydrogen-bond acceptors (Lipinski definition) is 4. The van der Waals surface area contributed by atoms with E-state index in [9.17, 15) is 18.0 Å². The molecule has 2 aliphatic rings. The summed E-state index contributed by atoms with van der Waals surface area (Å²) in [6.45, 7) is 3.20. The molecular formula is C16H20N2O4S. The lowest BCUT2D eigenvalue weighted by molar-refractivity contribution is -0.121. The fourth-order valence-corrected chi connectivity index (χ4v) is 4.48. The summed E-state index contributed by atoms with van der Waals surface area (Å²) in [5.74, 6) is 0.0715. The van der Waals surface area contributed by atoms with Gasteiger partial charge < -0.3 is 0 Å². The molecule has 124 valence electrons. The summed E-state index contributed by atoms with van der Waals surface area (Å²) in [6.07, 6.45) is 2.16. The molecule has 1 aromatic rings. The average molecular weight is 336 g/mol. The molecular weight excluding hydrogens is 316 g/mol. The topological polar surface area (TPSA) is 74.8 Å². The molecule has 2 fully saturated rings. The van der Waals surface area contributed by atoms with Crippen molar-refractivity contribution in [1.29, 1.82) is 0 Å². The van der Waals surface area contributed by atoms with Crippen LogP contribution in [0.4, 0.5) is 5.69 Å². The Hall–Kier alpha value is -1.73. The second-order valence-corrected chi connectivity index (χ2v) is 8.14. The Bertz CT molecular complexity index is 703. The van der Waals surface area contributed by atoms with Gasteiger partial charge >= 0.3 is 0 Å². The summed E-state index contributed by atoms with van der Waals surface area (Å²) < 4.78 is 26.8. The van der Waals surface area contributed by atoms with Crippen LogP contribution in [-0.4, -0.2) is 37.6 Å². The molecule has 0 atom stereocenters. The van der Waals surface area contributed by atoms with Crippen molar-refractivity contribution in [2.24, 2.45) is 5.92 Å². The zero-order valence-electron chi connectivity index (χ0n) is 13.1. The van der Waals surface area contributed by atoms with Gasteiger partial charge in [-0.25, -0.2) is 8.42 Å². The molecule has 0 aromatic heterocycles. The number of imide groups is 1. The van der Waals surface area contributed by atoms with E-state index in [2.05, 4.69) is 6.92 Å². The fraction of sp³-hybridized carbons (Fsp3) is 0.500. The normalized spacial score (nSPS) is 21.2. The number of hydrogen-bond donors (Lipinski definition) is 0. The minimum atomic E-state index is -3.51. The molecule has 0 radical (unpaired) electrons. The Kier molecular flexibility index (Phi) is 4.25. The van der Waals surface area contributed by atoms with Crippen molar-refractivity contribution in [3.05, 3.63) is 24.3 Å². The molecule has 0 spiro atoms. The Morgan fingerprint density at radius 2 is 1.48 bits per heavy atom. The Balaban J connectivity index is 1.81. The average Bonchev–Trinajstić information content (AvgIpc) is 2.87. The SMILES string of the molecule is CC1CCN(S(=O)(=O)c2ccc(N3C(=O)CCC3=O)cc2)CC1. The summed E-state index contributed by atoms with van der Waals surface area (Å²) in [5.41, 5.74) is 0.434. The molecule has 2 amide bonds. The lowest BCUT2D eigenvalue weighted by atomic mass is 10.0. The molecule has 0 unspecified atom stereocenters. The number of sulfonamides is 1. The van der Waals surface area contributed by atoms with Gasteiger partial charge in [0.05, 0.1) is 10.6 Å². The molecule has 7 heteroatoms. The van der Waals surface area contributed by atoms with Gasteiger partial charge in [-0.15, -0.1) is 0 Å². The summed E-state index contributed by atoms with van der Waals surface area (Å²) in [4.78, 5) is 24.8. The summed E-state index contributed by atoms with van der Waals surface area (Å²) >= 11 is 0.